The van der Waals surface area contributed by atoms with Gasteiger partial charge in [-0.25, -0.2) is 9.37 Å². The van der Waals surface area contributed by atoms with E-state index in [1.54, 1.807) is 25.3 Å². The van der Waals surface area contributed by atoms with Gasteiger partial charge in [-0.2, -0.15) is 0 Å². The Kier molecular flexibility index (Phi) is 3.63. The van der Waals surface area contributed by atoms with E-state index in [1.807, 2.05) is 0 Å². The molecule has 2 rings (SSSR count). The quantitative estimate of drug-likeness (QED) is 0.896. The van der Waals surface area contributed by atoms with Gasteiger partial charge in [0.2, 0.25) is 0 Å². The lowest BCUT2D eigenvalue weighted by Gasteiger charge is -2.16. The fraction of sp³-hybridized carbons (Fsp3) is 0.154. The van der Waals surface area contributed by atoms with Crippen molar-refractivity contribution in [2.45, 2.75) is 13.0 Å². The molecule has 0 amide bonds. The highest BCUT2D eigenvalue weighted by atomic mass is 79.9. The van der Waals surface area contributed by atoms with Gasteiger partial charge in [0.25, 0.3) is 0 Å². The van der Waals surface area contributed by atoms with E-state index in [9.17, 15) is 9.50 Å². The van der Waals surface area contributed by atoms with Gasteiger partial charge in [0, 0.05) is 21.8 Å². The molecule has 1 aromatic carbocycles. The largest absolute Gasteiger partial charge is 0.383 e. The number of anilines is 1. The minimum atomic E-state index is -1.13. The van der Waals surface area contributed by atoms with Crippen LogP contribution in [0, 0.1) is 12.7 Å². The molecule has 0 radical (unpaired) electrons. The molecule has 3 N–H and O–H groups in total. The number of benzene rings is 1. The zero-order valence-corrected chi connectivity index (χ0v) is 11.3. The lowest BCUT2D eigenvalue weighted by Crippen LogP contribution is -2.09. The first-order valence-corrected chi connectivity index (χ1v) is 6.14. The first-order chi connectivity index (χ1) is 8.50. The van der Waals surface area contributed by atoms with Crippen LogP contribution >= 0.6 is 15.9 Å². The van der Waals surface area contributed by atoms with Gasteiger partial charge in [-0.15, -0.1) is 0 Å². The molecule has 3 nitrogen and oxygen atoms in total. The summed E-state index contributed by atoms with van der Waals surface area (Å²) in [6, 6.07) is 6.13. The SMILES string of the molecule is Cc1ccnc(N)c1C(O)c1cc(Br)ccc1F. The van der Waals surface area contributed by atoms with Crippen molar-refractivity contribution in [1.82, 2.24) is 4.98 Å². The number of hydrogen-bond acceptors (Lipinski definition) is 3. The third-order valence-electron chi connectivity index (χ3n) is 2.77. The van der Waals surface area contributed by atoms with Crippen molar-refractivity contribution in [3.63, 3.8) is 0 Å². The third kappa shape index (κ3) is 2.37. The van der Waals surface area contributed by atoms with E-state index >= 15 is 0 Å². The van der Waals surface area contributed by atoms with Gasteiger partial charge < -0.3 is 10.8 Å². The summed E-state index contributed by atoms with van der Waals surface area (Å²) in [4.78, 5) is 3.92. The van der Waals surface area contributed by atoms with E-state index in [4.69, 9.17) is 5.73 Å². The number of halogens is 2. The Morgan fingerprint density at radius 3 is 2.78 bits per heavy atom. The number of aromatic nitrogens is 1. The van der Waals surface area contributed by atoms with E-state index in [1.165, 1.54) is 12.1 Å². The second kappa shape index (κ2) is 5.04. The number of aryl methyl sites for hydroxylation is 1. The normalized spacial score (nSPS) is 12.4. The lowest BCUT2D eigenvalue weighted by atomic mass is 9.98. The summed E-state index contributed by atoms with van der Waals surface area (Å²) < 4.78 is 14.4. The van der Waals surface area contributed by atoms with Gasteiger partial charge in [-0.05, 0) is 36.8 Å². The number of pyridine rings is 1. The molecular weight excluding hydrogens is 299 g/mol. The van der Waals surface area contributed by atoms with Crippen LogP contribution in [-0.4, -0.2) is 10.1 Å². The Bertz CT molecular complexity index is 569. The summed E-state index contributed by atoms with van der Waals surface area (Å²) in [7, 11) is 0. The molecule has 5 heteroatoms. The van der Waals surface area contributed by atoms with Crippen LogP contribution < -0.4 is 5.73 Å². The molecule has 1 unspecified atom stereocenters. The molecule has 1 atom stereocenters. The van der Waals surface area contributed by atoms with Crippen LogP contribution in [0.5, 0.6) is 0 Å². The molecule has 0 bridgehead atoms. The fourth-order valence-corrected chi connectivity index (χ4v) is 2.20. The van der Waals surface area contributed by atoms with Gasteiger partial charge in [0.1, 0.15) is 17.7 Å². The number of aliphatic hydroxyl groups is 1. The Balaban J connectivity index is 2.54. The summed E-state index contributed by atoms with van der Waals surface area (Å²) in [5.74, 6) is -0.268. The van der Waals surface area contributed by atoms with E-state index in [-0.39, 0.29) is 11.4 Å². The van der Waals surface area contributed by atoms with Gasteiger partial charge in [-0.1, -0.05) is 15.9 Å². The summed E-state index contributed by atoms with van der Waals surface area (Å²) in [6.07, 6.45) is 0.425. The van der Waals surface area contributed by atoms with Crippen molar-refractivity contribution in [2.75, 3.05) is 5.73 Å². The van der Waals surface area contributed by atoms with Gasteiger partial charge in [-0.3, -0.25) is 0 Å². The second-order valence-corrected chi connectivity index (χ2v) is 4.91. The van der Waals surface area contributed by atoms with Crippen LogP contribution in [0.25, 0.3) is 0 Å². The fourth-order valence-electron chi connectivity index (χ4n) is 1.83. The molecule has 0 aliphatic carbocycles. The molecule has 0 fully saturated rings. The molecule has 94 valence electrons. The monoisotopic (exact) mass is 310 g/mol. The summed E-state index contributed by atoms with van der Waals surface area (Å²) in [5, 5.41) is 10.3. The maximum Gasteiger partial charge on any atom is 0.129 e. The van der Waals surface area contributed by atoms with Crippen LogP contribution in [-0.2, 0) is 0 Å². The zero-order valence-electron chi connectivity index (χ0n) is 9.69. The average Bonchev–Trinajstić information content (AvgIpc) is 2.32. The molecule has 1 heterocycles. The number of rotatable bonds is 2. The molecule has 0 saturated heterocycles. The third-order valence-corrected chi connectivity index (χ3v) is 3.26. The van der Waals surface area contributed by atoms with Gasteiger partial charge >= 0.3 is 0 Å². The lowest BCUT2D eigenvalue weighted by molar-refractivity contribution is 0.214. The van der Waals surface area contributed by atoms with Crippen LogP contribution in [0.2, 0.25) is 0 Å². The first kappa shape index (κ1) is 13.0. The summed E-state index contributed by atoms with van der Waals surface area (Å²) >= 11 is 3.25. The number of hydrogen-bond donors (Lipinski definition) is 2. The average molecular weight is 311 g/mol. The number of aliphatic hydroxyl groups excluding tert-OH is 1. The first-order valence-electron chi connectivity index (χ1n) is 5.34. The molecule has 1 aromatic heterocycles. The van der Waals surface area contributed by atoms with Crippen molar-refractivity contribution in [3.8, 4) is 0 Å². The van der Waals surface area contributed by atoms with Crippen LogP contribution in [0.4, 0.5) is 10.2 Å². The molecule has 18 heavy (non-hydrogen) atoms. The highest BCUT2D eigenvalue weighted by Crippen LogP contribution is 2.31. The second-order valence-electron chi connectivity index (χ2n) is 4.00. The zero-order chi connectivity index (χ0) is 13.3. The van der Waals surface area contributed by atoms with Gasteiger partial charge in [0.05, 0.1) is 0 Å². The highest BCUT2D eigenvalue weighted by molar-refractivity contribution is 9.10. The van der Waals surface area contributed by atoms with Crippen molar-refractivity contribution in [1.29, 1.82) is 0 Å². The molecule has 0 aliphatic rings. The van der Waals surface area contributed by atoms with Crippen molar-refractivity contribution in [3.05, 3.63) is 57.4 Å². The predicted octanol–water partition coefficient (Wildman–Crippen LogP) is 2.96. The smallest absolute Gasteiger partial charge is 0.129 e. The minimum Gasteiger partial charge on any atom is -0.383 e. The maximum absolute atomic E-state index is 13.7. The molecular formula is C13H12BrFN2O. The standard InChI is InChI=1S/C13H12BrFN2O/c1-7-4-5-17-13(16)11(7)12(18)9-6-8(14)2-3-10(9)15/h2-6,12,18H,1H3,(H2,16,17). The summed E-state index contributed by atoms with van der Waals surface area (Å²) in [6.45, 7) is 1.80. The van der Waals surface area contributed by atoms with Crippen molar-refractivity contribution < 1.29 is 9.50 Å². The summed E-state index contributed by atoms with van der Waals surface area (Å²) in [5.41, 5.74) is 7.13. The van der Waals surface area contributed by atoms with Crippen molar-refractivity contribution in [2.24, 2.45) is 0 Å². The Morgan fingerprint density at radius 2 is 2.11 bits per heavy atom. The molecule has 0 saturated carbocycles. The van der Waals surface area contributed by atoms with Gasteiger partial charge in [0.15, 0.2) is 0 Å². The number of nitrogens with zero attached hydrogens (tertiary/aromatic N) is 1. The Hall–Kier alpha value is -1.46. The molecule has 0 spiro atoms. The van der Waals surface area contributed by atoms with E-state index in [0.717, 1.165) is 5.56 Å². The Morgan fingerprint density at radius 1 is 1.39 bits per heavy atom. The predicted molar refractivity (Wildman–Crippen MR) is 71.5 cm³/mol. The van der Waals surface area contributed by atoms with Crippen LogP contribution in [0.1, 0.15) is 22.8 Å². The maximum atomic E-state index is 13.7. The van der Waals surface area contributed by atoms with E-state index < -0.39 is 11.9 Å². The van der Waals surface area contributed by atoms with E-state index in [2.05, 4.69) is 20.9 Å². The topological polar surface area (TPSA) is 59.1 Å². The molecule has 2 aromatic rings. The number of nitrogen functional groups attached to an aromatic ring is 1. The molecule has 0 aliphatic heterocycles. The Labute approximate surface area is 113 Å². The van der Waals surface area contributed by atoms with Crippen LogP contribution in [0.3, 0.4) is 0 Å². The van der Waals surface area contributed by atoms with Crippen molar-refractivity contribution >= 4 is 21.7 Å². The number of nitrogens with two attached hydrogens (primary N) is 1. The van der Waals surface area contributed by atoms with E-state index in [0.29, 0.717) is 10.0 Å². The highest BCUT2D eigenvalue weighted by Gasteiger charge is 2.20. The van der Waals surface area contributed by atoms with Crippen LogP contribution in [0.15, 0.2) is 34.9 Å². The minimum absolute atomic E-state index is 0.173.